The van der Waals surface area contributed by atoms with Crippen molar-refractivity contribution in [3.05, 3.63) is 51.5 Å². The van der Waals surface area contributed by atoms with Crippen LogP contribution >= 0.6 is 11.3 Å². The Bertz CT molecular complexity index is 1030. The van der Waals surface area contributed by atoms with E-state index in [4.69, 9.17) is 0 Å². The number of nitrogens with zero attached hydrogens (tertiary/aromatic N) is 4. The molecule has 1 aliphatic heterocycles. The fraction of sp³-hybridized carbons (Fsp3) is 0.368. The average molecular weight is 383 g/mol. The minimum Gasteiger partial charge on any atom is -0.352 e. The van der Waals surface area contributed by atoms with Gasteiger partial charge in [-0.1, -0.05) is 13.8 Å². The van der Waals surface area contributed by atoms with E-state index in [2.05, 4.69) is 19.9 Å². The molecule has 1 saturated heterocycles. The summed E-state index contributed by atoms with van der Waals surface area (Å²) in [5.41, 5.74) is 1.96. The quantitative estimate of drug-likeness (QED) is 0.751. The molecule has 3 aromatic heterocycles. The number of amides is 1. The van der Waals surface area contributed by atoms with Crippen molar-refractivity contribution in [2.24, 2.45) is 0 Å². The molecule has 3 aromatic rings. The highest BCUT2D eigenvalue weighted by atomic mass is 32.1. The molecule has 1 fully saturated rings. The van der Waals surface area contributed by atoms with E-state index in [1.165, 1.54) is 6.07 Å². The van der Waals surface area contributed by atoms with Crippen LogP contribution in [0.4, 0.5) is 5.82 Å². The Morgan fingerprint density at radius 2 is 1.96 bits per heavy atom. The molecule has 1 aliphatic rings. The van der Waals surface area contributed by atoms with Crippen molar-refractivity contribution in [1.82, 2.24) is 19.9 Å². The number of fused-ring (bicyclic) bond motifs is 1. The van der Waals surface area contributed by atoms with Gasteiger partial charge in [0.25, 0.3) is 5.91 Å². The molecule has 0 bridgehead atoms. The molecule has 8 heteroatoms. The Morgan fingerprint density at radius 1 is 1.19 bits per heavy atom. The number of H-pyrrole nitrogens is 1. The maximum Gasteiger partial charge on any atom is 0.254 e. The van der Waals surface area contributed by atoms with Crippen LogP contribution in [0, 0.1) is 0 Å². The second kappa shape index (κ2) is 7.11. The summed E-state index contributed by atoms with van der Waals surface area (Å²) in [5, 5.41) is 2.02. The monoisotopic (exact) mass is 383 g/mol. The van der Waals surface area contributed by atoms with Crippen LogP contribution in [0.3, 0.4) is 0 Å². The zero-order chi connectivity index (χ0) is 19.0. The van der Waals surface area contributed by atoms with Crippen LogP contribution in [0.1, 0.15) is 35.8 Å². The molecule has 0 radical (unpaired) electrons. The van der Waals surface area contributed by atoms with E-state index in [0.717, 1.165) is 21.7 Å². The summed E-state index contributed by atoms with van der Waals surface area (Å²) in [4.78, 5) is 40.3. The van der Waals surface area contributed by atoms with Crippen molar-refractivity contribution >= 4 is 33.3 Å². The average Bonchev–Trinajstić information content (AvgIpc) is 3.16. The molecule has 27 heavy (non-hydrogen) atoms. The van der Waals surface area contributed by atoms with E-state index >= 15 is 0 Å². The van der Waals surface area contributed by atoms with Gasteiger partial charge in [0, 0.05) is 43.5 Å². The molecule has 0 unspecified atom stereocenters. The van der Waals surface area contributed by atoms with Crippen molar-refractivity contribution in [3.63, 3.8) is 0 Å². The maximum atomic E-state index is 12.9. The molecule has 1 N–H and O–H groups in total. The molecule has 140 valence electrons. The van der Waals surface area contributed by atoms with Crippen molar-refractivity contribution in [2.45, 2.75) is 19.8 Å². The molecule has 0 aliphatic carbocycles. The Hall–Kier alpha value is -2.74. The van der Waals surface area contributed by atoms with Crippen LogP contribution in [0.25, 0.3) is 10.2 Å². The minimum absolute atomic E-state index is 0.0911. The Morgan fingerprint density at radius 3 is 2.70 bits per heavy atom. The number of thiophene rings is 1. The summed E-state index contributed by atoms with van der Waals surface area (Å²) in [6.07, 6.45) is 1.59. The Labute approximate surface area is 160 Å². The highest BCUT2D eigenvalue weighted by Gasteiger charge is 2.25. The number of aromatic amines is 1. The van der Waals surface area contributed by atoms with Gasteiger partial charge in [0.1, 0.15) is 12.1 Å². The van der Waals surface area contributed by atoms with Gasteiger partial charge in [0.15, 0.2) is 0 Å². The van der Waals surface area contributed by atoms with E-state index in [-0.39, 0.29) is 17.4 Å². The predicted octanol–water partition coefficient (Wildman–Crippen LogP) is 2.47. The van der Waals surface area contributed by atoms with Crippen LogP contribution in [0.15, 0.2) is 34.7 Å². The molecular formula is C19H21N5O2S. The molecule has 4 heterocycles. The molecule has 4 rings (SSSR count). The topological polar surface area (TPSA) is 82.2 Å². The molecule has 1 amide bonds. The van der Waals surface area contributed by atoms with Crippen molar-refractivity contribution in [2.75, 3.05) is 31.1 Å². The first-order valence-corrected chi connectivity index (χ1v) is 9.87. The summed E-state index contributed by atoms with van der Waals surface area (Å²) in [6, 6.07) is 5.17. The van der Waals surface area contributed by atoms with Gasteiger partial charge in [0.2, 0.25) is 5.56 Å². The lowest BCUT2D eigenvalue weighted by Crippen LogP contribution is -2.49. The summed E-state index contributed by atoms with van der Waals surface area (Å²) >= 11 is 1.63. The zero-order valence-electron chi connectivity index (χ0n) is 15.3. The van der Waals surface area contributed by atoms with E-state index in [1.807, 2.05) is 30.2 Å². The number of nitrogens with one attached hydrogen (secondary N) is 1. The molecule has 7 nitrogen and oxygen atoms in total. The molecule has 0 spiro atoms. The third-order valence-electron chi connectivity index (χ3n) is 4.82. The lowest BCUT2D eigenvalue weighted by atomic mass is 10.1. The van der Waals surface area contributed by atoms with Gasteiger partial charge in [-0.15, -0.1) is 11.3 Å². The maximum absolute atomic E-state index is 12.9. The predicted molar refractivity (Wildman–Crippen MR) is 107 cm³/mol. The van der Waals surface area contributed by atoms with Crippen LogP contribution in [-0.2, 0) is 0 Å². The second-order valence-electron chi connectivity index (χ2n) is 6.95. The van der Waals surface area contributed by atoms with Gasteiger partial charge in [-0.3, -0.25) is 9.59 Å². The van der Waals surface area contributed by atoms with E-state index < -0.39 is 0 Å². The largest absolute Gasteiger partial charge is 0.352 e. The van der Waals surface area contributed by atoms with E-state index in [1.54, 1.807) is 23.7 Å². The molecular weight excluding hydrogens is 362 g/mol. The van der Waals surface area contributed by atoms with Crippen molar-refractivity contribution in [1.29, 1.82) is 0 Å². The normalized spacial score (nSPS) is 14.9. The van der Waals surface area contributed by atoms with Gasteiger partial charge in [0.05, 0.1) is 10.2 Å². The fourth-order valence-electron chi connectivity index (χ4n) is 3.30. The smallest absolute Gasteiger partial charge is 0.254 e. The van der Waals surface area contributed by atoms with Crippen LogP contribution in [0.2, 0.25) is 0 Å². The van der Waals surface area contributed by atoms with Crippen LogP contribution < -0.4 is 10.5 Å². The van der Waals surface area contributed by atoms with Gasteiger partial charge >= 0.3 is 0 Å². The van der Waals surface area contributed by atoms with Crippen LogP contribution in [0.5, 0.6) is 0 Å². The van der Waals surface area contributed by atoms with Gasteiger partial charge in [-0.2, -0.15) is 0 Å². The lowest BCUT2D eigenvalue weighted by molar-refractivity contribution is 0.0746. The van der Waals surface area contributed by atoms with Crippen molar-refractivity contribution < 1.29 is 4.79 Å². The Kier molecular flexibility index (Phi) is 4.65. The molecule has 0 saturated carbocycles. The lowest BCUT2D eigenvalue weighted by Gasteiger charge is -2.35. The summed E-state index contributed by atoms with van der Waals surface area (Å²) < 4.78 is 1.08. The second-order valence-corrected chi connectivity index (χ2v) is 7.87. The van der Waals surface area contributed by atoms with E-state index in [9.17, 15) is 9.59 Å². The number of carbonyl (C=O) groups excluding carboxylic acids is 1. The zero-order valence-corrected chi connectivity index (χ0v) is 16.1. The number of anilines is 1. The first kappa shape index (κ1) is 17.7. The van der Waals surface area contributed by atoms with E-state index in [0.29, 0.717) is 31.7 Å². The number of hydrogen-bond donors (Lipinski definition) is 1. The SMILES string of the molecule is CC(C)c1cc(C(=O)N2CCN(c3ncnc4ccsc34)CC2)cc(=O)[nH]1. The fourth-order valence-corrected chi connectivity index (χ4v) is 4.17. The molecule has 0 aromatic carbocycles. The number of carbonyl (C=O) groups is 1. The van der Waals surface area contributed by atoms with Crippen LogP contribution in [-0.4, -0.2) is 51.9 Å². The summed E-state index contributed by atoms with van der Waals surface area (Å²) in [6.45, 7) is 6.58. The number of aromatic nitrogens is 3. The highest BCUT2D eigenvalue weighted by molar-refractivity contribution is 7.17. The standard InChI is InChI=1S/C19H21N5O2S/c1-12(2)15-9-13(10-16(25)22-15)19(26)24-6-4-23(5-7-24)18-17-14(3-8-27-17)20-11-21-18/h3,8-12H,4-7H2,1-2H3,(H,22,25). The summed E-state index contributed by atoms with van der Waals surface area (Å²) in [5.74, 6) is 1.00. The van der Waals surface area contributed by atoms with Gasteiger partial charge in [-0.25, -0.2) is 9.97 Å². The third-order valence-corrected chi connectivity index (χ3v) is 5.72. The Balaban J connectivity index is 1.50. The van der Waals surface area contributed by atoms with Gasteiger partial charge in [-0.05, 0) is 23.4 Å². The number of piperazine rings is 1. The van der Waals surface area contributed by atoms with Gasteiger partial charge < -0.3 is 14.8 Å². The number of pyridine rings is 1. The third kappa shape index (κ3) is 3.44. The molecule has 0 atom stereocenters. The highest BCUT2D eigenvalue weighted by Crippen LogP contribution is 2.28. The summed E-state index contributed by atoms with van der Waals surface area (Å²) in [7, 11) is 0. The number of rotatable bonds is 3. The van der Waals surface area contributed by atoms with Crippen molar-refractivity contribution in [3.8, 4) is 0 Å². The minimum atomic E-state index is -0.232. The first-order chi connectivity index (χ1) is 13.0. The number of hydrogen-bond acceptors (Lipinski definition) is 6. The first-order valence-electron chi connectivity index (χ1n) is 8.99.